The Hall–Kier alpha value is -2.45. The molecule has 202 valence electrons. The highest BCUT2D eigenvalue weighted by Crippen LogP contribution is 2.34. The Bertz CT molecular complexity index is 959. The number of phenolic OH excluding ortho intramolecular Hbond substituents is 1. The second kappa shape index (κ2) is 12.7. The molecule has 7 nitrogen and oxygen atoms in total. The van der Waals surface area contributed by atoms with Crippen molar-refractivity contribution < 1.29 is 25.4 Å². The van der Waals surface area contributed by atoms with Gasteiger partial charge in [0.15, 0.2) is 0 Å². The van der Waals surface area contributed by atoms with Gasteiger partial charge in [-0.3, -0.25) is 0 Å². The van der Waals surface area contributed by atoms with Crippen molar-refractivity contribution in [2.75, 3.05) is 0 Å². The van der Waals surface area contributed by atoms with Crippen LogP contribution in [-0.4, -0.2) is 47.8 Å². The van der Waals surface area contributed by atoms with Gasteiger partial charge in [-0.05, 0) is 88.8 Å². The quantitative estimate of drug-likeness (QED) is 0.298. The van der Waals surface area contributed by atoms with Gasteiger partial charge in [0, 0.05) is 11.1 Å². The molecule has 0 aliphatic heterocycles. The first-order valence-corrected chi connectivity index (χ1v) is 12.5. The van der Waals surface area contributed by atoms with E-state index in [0.29, 0.717) is 0 Å². The molecule has 0 aromatic heterocycles. The highest BCUT2D eigenvalue weighted by molar-refractivity contribution is 5.87. The summed E-state index contributed by atoms with van der Waals surface area (Å²) < 4.78 is 0. The summed E-state index contributed by atoms with van der Waals surface area (Å²) in [6, 6.07) is 13.5. The molecule has 0 fully saturated rings. The van der Waals surface area contributed by atoms with Crippen LogP contribution in [-0.2, 0) is 0 Å². The summed E-state index contributed by atoms with van der Waals surface area (Å²) in [5.41, 5.74) is 1.39. The Balaban J connectivity index is 0.000000362. The van der Waals surface area contributed by atoms with Crippen molar-refractivity contribution in [3.8, 4) is 5.75 Å². The Morgan fingerprint density at radius 2 is 1.14 bits per heavy atom. The molecular formula is C29H46N2O5. The van der Waals surface area contributed by atoms with E-state index in [1.54, 1.807) is 42.5 Å². The summed E-state index contributed by atoms with van der Waals surface area (Å²) in [4.78, 5) is 10.8. The average molecular weight is 503 g/mol. The molecule has 0 aliphatic carbocycles. The molecule has 0 heterocycles. The maximum Gasteiger partial charge on any atom is 0.335 e. The average Bonchev–Trinajstić information content (AvgIpc) is 2.73. The number of phenols is 1. The van der Waals surface area contributed by atoms with Gasteiger partial charge in [-0.25, -0.2) is 4.79 Å². The van der Waals surface area contributed by atoms with Gasteiger partial charge in [0.25, 0.3) is 0 Å². The van der Waals surface area contributed by atoms with Crippen molar-refractivity contribution >= 4 is 5.97 Å². The summed E-state index contributed by atoms with van der Waals surface area (Å²) in [5.74, 6) is -0.249. The molecule has 0 saturated heterocycles. The highest BCUT2D eigenvalue weighted by Gasteiger charge is 2.32. The van der Waals surface area contributed by atoms with Crippen LogP contribution in [0.5, 0.6) is 5.75 Å². The van der Waals surface area contributed by atoms with Gasteiger partial charge in [0.05, 0.1) is 17.6 Å². The first-order chi connectivity index (χ1) is 16.4. The van der Waals surface area contributed by atoms with E-state index in [1.807, 2.05) is 61.5 Å². The van der Waals surface area contributed by atoms with Crippen LogP contribution >= 0.6 is 0 Å². The van der Waals surface area contributed by atoms with Crippen molar-refractivity contribution in [1.29, 1.82) is 0 Å². The number of hydrogen-bond acceptors (Lipinski definition) is 6. The molecule has 2 unspecified atom stereocenters. The molecule has 2 rings (SSSR count). The fourth-order valence-corrected chi connectivity index (χ4v) is 3.98. The van der Waals surface area contributed by atoms with Gasteiger partial charge in [-0.15, -0.1) is 0 Å². The van der Waals surface area contributed by atoms with Crippen LogP contribution in [0.15, 0.2) is 48.5 Å². The lowest BCUT2D eigenvalue weighted by molar-refractivity contribution is -0.199. The Kier molecular flexibility index (Phi) is 11.1. The monoisotopic (exact) mass is 502 g/mol. The van der Waals surface area contributed by atoms with E-state index < -0.39 is 5.97 Å². The number of benzene rings is 2. The SMILES string of the molecule is CC(C)C(c1ccc(C(=O)O)cc1)N(O)C(C)(C)C.CC(C)C(c1cccc(O)c1)N(O)C(C)(C)C. The number of aromatic carboxylic acids is 1. The third-order valence-corrected chi connectivity index (χ3v) is 5.88. The van der Waals surface area contributed by atoms with Crippen LogP contribution < -0.4 is 0 Å². The summed E-state index contributed by atoms with van der Waals surface area (Å²) in [5, 5.41) is 41.8. The molecular weight excluding hydrogens is 456 g/mol. The lowest BCUT2D eigenvalue weighted by Crippen LogP contribution is -2.43. The molecule has 4 N–H and O–H groups in total. The molecule has 0 amide bonds. The number of carbonyl (C=O) groups is 1. The number of nitrogens with zero attached hydrogens (tertiary/aromatic N) is 2. The minimum absolute atomic E-state index is 0.123. The van der Waals surface area contributed by atoms with Crippen LogP contribution in [0.1, 0.15) is 103 Å². The van der Waals surface area contributed by atoms with E-state index in [-0.39, 0.29) is 46.3 Å². The fraction of sp³-hybridized carbons (Fsp3) is 0.552. The topological polar surface area (TPSA) is 104 Å². The van der Waals surface area contributed by atoms with E-state index in [2.05, 4.69) is 13.8 Å². The minimum Gasteiger partial charge on any atom is -0.508 e. The second-order valence-corrected chi connectivity index (χ2v) is 11.9. The van der Waals surface area contributed by atoms with E-state index in [1.165, 1.54) is 10.1 Å². The number of hydrogen-bond donors (Lipinski definition) is 4. The summed E-state index contributed by atoms with van der Waals surface area (Å²) >= 11 is 0. The summed E-state index contributed by atoms with van der Waals surface area (Å²) in [7, 11) is 0. The standard InChI is InChI=1S/C15H23NO3.C14H23NO2/c1-10(2)13(16(19)15(3,4)5)11-6-8-12(9-7-11)14(17)18;1-10(2)13(15(17)14(3,4)5)11-7-6-8-12(16)9-11/h6-10,13,19H,1-5H3,(H,17,18);6-10,13,16-17H,1-5H3. The largest absolute Gasteiger partial charge is 0.508 e. The first kappa shape index (κ1) is 31.6. The molecule has 2 aromatic rings. The van der Waals surface area contributed by atoms with E-state index in [4.69, 9.17) is 5.11 Å². The lowest BCUT2D eigenvalue weighted by atomic mass is 9.92. The van der Waals surface area contributed by atoms with E-state index in [0.717, 1.165) is 11.1 Å². The van der Waals surface area contributed by atoms with Crippen molar-refractivity contribution in [2.24, 2.45) is 11.8 Å². The molecule has 2 aromatic carbocycles. The van der Waals surface area contributed by atoms with Gasteiger partial charge >= 0.3 is 5.97 Å². The molecule has 36 heavy (non-hydrogen) atoms. The third kappa shape index (κ3) is 8.89. The zero-order valence-electron chi connectivity index (χ0n) is 23.5. The predicted molar refractivity (Wildman–Crippen MR) is 143 cm³/mol. The summed E-state index contributed by atoms with van der Waals surface area (Å²) in [6.45, 7) is 19.9. The molecule has 0 radical (unpaired) electrons. The zero-order chi connectivity index (χ0) is 28.0. The lowest BCUT2D eigenvalue weighted by Gasteiger charge is -2.38. The van der Waals surface area contributed by atoms with Crippen LogP contribution in [0.4, 0.5) is 0 Å². The van der Waals surface area contributed by atoms with Gasteiger partial charge in [0.1, 0.15) is 5.75 Å². The van der Waals surface area contributed by atoms with Gasteiger partial charge in [-0.1, -0.05) is 52.0 Å². The Labute approximate surface area is 216 Å². The van der Waals surface area contributed by atoms with Crippen LogP contribution in [0.3, 0.4) is 0 Å². The number of rotatable bonds is 7. The molecule has 0 bridgehead atoms. The number of carboxylic acid groups (broad SMARTS) is 1. The first-order valence-electron chi connectivity index (χ1n) is 12.5. The summed E-state index contributed by atoms with van der Waals surface area (Å²) in [6.07, 6.45) is 0. The minimum atomic E-state index is -0.940. The van der Waals surface area contributed by atoms with Gasteiger partial charge in [-0.2, -0.15) is 10.1 Å². The molecule has 2 atom stereocenters. The Morgan fingerprint density at radius 1 is 0.722 bits per heavy atom. The van der Waals surface area contributed by atoms with E-state index >= 15 is 0 Å². The Morgan fingerprint density at radius 3 is 1.47 bits per heavy atom. The smallest absolute Gasteiger partial charge is 0.335 e. The number of carboxylic acids is 1. The second-order valence-electron chi connectivity index (χ2n) is 11.9. The number of hydroxylamine groups is 4. The molecule has 7 heteroatoms. The van der Waals surface area contributed by atoms with Crippen molar-refractivity contribution in [1.82, 2.24) is 10.1 Å². The van der Waals surface area contributed by atoms with Gasteiger partial charge in [0.2, 0.25) is 0 Å². The normalized spacial score (nSPS) is 14.1. The zero-order valence-corrected chi connectivity index (χ0v) is 23.5. The van der Waals surface area contributed by atoms with Gasteiger partial charge < -0.3 is 20.6 Å². The van der Waals surface area contributed by atoms with E-state index in [9.17, 15) is 20.3 Å². The maximum absolute atomic E-state index is 10.8. The third-order valence-electron chi connectivity index (χ3n) is 5.88. The van der Waals surface area contributed by atoms with Crippen LogP contribution in [0, 0.1) is 11.8 Å². The number of aromatic hydroxyl groups is 1. The van der Waals surface area contributed by atoms with Crippen molar-refractivity contribution in [2.45, 2.75) is 92.4 Å². The van der Waals surface area contributed by atoms with Crippen LogP contribution in [0.2, 0.25) is 0 Å². The molecule has 0 saturated carbocycles. The van der Waals surface area contributed by atoms with Crippen LogP contribution in [0.25, 0.3) is 0 Å². The molecule has 0 spiro atoms. The highest BCUT2D eigenvalue weighted by atomic mass is 16.5. The fourth-order valence-electron chi connectivity index (χ4n) is 3.98. The maximum atomic E-state index is 10.8. The van der Waals surface area contributed by atoms with Crippen molar-refractivity contribution in [3.63, 3.8) is 0 Å². The predicted octanol–water partition coefficient (Wildman–Crippen LogP) is 7.15. The molecule has 0 aliphatic rings. The van der Waals surface area contributed by atoms with Crippen molar-refractivity contribution in [3.05, 3.63) is 65.2 Å².